The number of rotatable bonds is 3. The van der Waals surface area contributed by atoms with E-state index in [4.69, 9.17) is 0 Å². The summed E-state index contributed by atoms with van der Waals surface area (Å²) >= 11 is 1.55. The molecule has 18 heavy (non-hydrogen) atoms. The van der Waals surface area contributed by atoms with Gasteiger partial charge in [0.15, 0.2) is 10.7 Å². The third kappa shape index (κ3) is 2.08. The second-order valence-electron chi connectivity index (χ2n) is 5.02. The fourth-order valence-corrected chi connectivity index (χ4v) is 3.32. The van der Waals surface area contributed by atoms with Gasteiger partial charge in [-0.2, -0.15) is 0 Å². The molecule has 0 aromatic carbocycles. The Morgan fingerprint density at radius 3 is 2.94 bits per heavy atom. The summed E-state index contributed by atoms with van der Waals surface area (Å²) in [5.74, 6) is -0.0760. The number of hydrogen-bond acceptors (Lipinski definition) is 4. The number of nitrogens with zero attached hydrogens (tertiary/aromatic N) is 2. The van der Waals surface area contributed by atoms with Gasteiger partial charge in [-0.15, -0.1) is 11.3 Å². The van der Waals surface area contributed by atoms with Crippen LogP contribution in [0.1, 0.15) is 37.8 Å². The van der Waals surface area contributed by atoms with Gasteiger partial charge in [0, 0.05) is 17.8 Å². The highest BCUT2D eigenvalue weighted by atomic mass is 32.1. The van der Waals surface area contributed by atoms with Crippen molar-refractivity contribution >= 4 is 22.1 Å². The standard InChI is InChI=1S/C13H16N2O2S/c16-11(13(17)4-2-1-3-5-13)8-10-9-15-6-7-18-12(15)14-10/h6-7,9,17H,1-5,8H2. The zero-order valence-corrected chi connectivity index (χ0v) is 10.9. The summed E-state index contributed by atoms with van der Waals surface area (Å²) < 4.78 is 1.91. The zero-order chi connectivity index (χ0) is 12.6. The molecule has 0 aliphatic heterocycles. The summed E-state index contributed by atoms with van der Waals surface area (Å²) in [5, 5.41) is 12.3. The van der Waals surface area contributed by atoms with E-state index in [9.17, 15) is 9.90 Å². The highest BCUT2D eigenvalue weighted by Gasteiger charge is 2.36. The monoisotopic (exact) mass is 264 g/mol. The minimum atomic E-state index is -1.10. The van der Waals surface area contributed by atoms with E-state index in [1.54, 1.807) is 11.3 Å². The molecule has 1 aliphatic carbocycles. The van der Waals surface area contributed by atoms with E-state index >= 15 is 0 Å². The maximum Gasteiger partial charge on any atom is 0.193 e. The van der Waals surface area contributed by atoms with Crippen molar-refractivity contribution in [3.63, 3.8) is 0 Å². The second kappa shape index (κ2) is 4.48. The lowest BCUT2D eigenvalue weighted by atomic mass is 9.80. The van der Waals surface area contributed by atoms with Crippen molar-refractivity contribution in [2.24, 2.45) is 0 Å². The van der Waals surface area contributed by atoms with Crippen molar-refractivity contribution in [1.82, 2.24) is 9.38 Å². The smallest absolute Gasteiger partial charge is 0.193 e. The Morgan fingerprint density at radius 2 is 2.22 bits per heavy atom. The van der Waals surface area contributed by atoms with Gasteiger partial charge < -0.3 is 5.11 Å². The van der Waals surface area contributed by atoms with Crippen molar-refractivity contribution in [3.05, 3.63) is 23.5 Å². The van der Waals surface area contributed by atoms with Crippen LogP contribution in [0.15, 0.2) is 17.8 Å². The lowest BCUT2D eigenvalue weighted by molar-refractivity contribution is -0.139. The molecule has 2 aromatic rings. The van der Waals surface area contributed by atoms with Crippen LogP contribution >= 0.6 is 11.3 Å². The summed E-state index contributed by atoms with van der Waals surface area (Å²) in [6, 6.07) is 0. The van der Waals surface area contributed by atoms with E-state index in [0.29, 0.717) is 12.8 Å². The Hall–Kier alpha value is -1.20. The summed E-state index contributed by atoms with van der Waals surface area (Å²) in [6.45, 7) is 0. The molecule has 0 amide bonds. The Balaban J connectivity index is 1.75. The normalized spacial score (nSPS) is 19.2. The molecule has 0 saturated heterocycles. The molecule has 5 heteroatoms. The van der Waals surface area contributed by atoms with Crippen LogP contribution < -0.4 is 0 Å². The fraction of sp³-hybridized carbons (Fsp3) is 0.538. The molecule has 0 spiro atoms. The predicted molar refractivity (Wildman–Crippen MR) is 69.8 cm³/mol. The molecule has 1 N–H and O–H groups in total. The van der Waals surface area contributed by atoms with Crippen molar-refractivity contribution < 1.29 is 9.90 Å². The molecule has 0 atom stereocenters. The predicted octanol–water partition coefficient (Wildman–Crippen LogP) is 2.20. The van der Waals surface area contributed by atoms with Gasteiger partial charge in [0.2, 0.25) is 0 Å². The van der Waals surface area contributed by atoms with E-state index in [0.717, 1.165) is 29.9 Å². The number of aromatic nitrogens is 2. The first-order chi connectivity index (χ1) is 8.67. The SMILES string of the molecule is O=C(Cc1cn2ccsc2n1)C1(O)CCCCC1. The summed E-state index contributed by atoms with van der Waals surface area (Å²) in [4.78, 5) is 17.5. The molecule has 1 aliphatic rings. The van der Waals surface area contributed by atoms with Crippen LogP contribution in [0.5, 0.6) is 0 Å². The molecule has 1 saturated carbocycles. The Bertz CT molecular complexity index is 538. The van der Waals surface area contributed by atoms with Crippen LogP contribution in [-0.2, 0) is 11.2 Å². The minimum Gasteiger partial charge on any atom is -0.382 e. The van der Waals surface area contributed by atoms with Crippen LogP contribution in [0.2, 0.25) is 0 Å². The molecule has 0 bridgehead atoms. The number of thiazole rings is 1. The topological polar surface area (TPSA) is 54.6 Å². The molecular weight excluding hydrogens is 248 g/mol. The Labute approximate surface area is 109 Å². The molecule has 96 valence electrons. The average Bonchev–Trinajstić information content (AvgIpc) is 2.90. The van der Waals surface area contributed by atoms with Gasteiger partial charge in [-0.3, -0.25) is 9.20 Å². The van der Waals surface area contributed by atoms with Crippen LogP contribution in [0.4, 0.5) is 0 Å². The Morgan fingerprint density at radius 1 is 1.44 bits per heavy atom. The third-order valence-electron chi connectivity index (χ3n) is 3.68. The van der Waals surface area contributed by atoms with E-state index in [1.165, 1.54) is 0 Å². The first kappa shape index (κ1) is 11.9. The summed E-state index contributed by atoms with van der Waals surface area (Å²) in [7, 11) is 0. The lowest BCUT2D eigenvalue weighted by Crippen LogP contribution is -2.41. The minimum absolute atomic E-state index is 0.0760. The van der Waals surface area contributed by atoms with Gasteiger partial charge in [0.05, 0.1) is 12.1 Å². The lowest BCUT2D eigenvalue weighted by Gasteiger charge is -2.30. The zero-order valence-electron chi connectivity index (χ0n) is 10.1. The summed E-state index contributed by atoms with van der Waals surface area (Å²) in [5.41, 5.74) is -0.346. The summed E-state index contributed by atoms with van der Waals surface area (Å²) in [6.07, 6.45) is 8.26. The van der Waals surface area contributed by atoms with Crippen LogP contribution in [0.25, 0.3) is 4.96 Å². The van der Waals surface area contributed by atoms with Crippen molar-refractivity contribution in [3.8, 4) is 0 Å². The molecule has 2 aromatic heterocycles. The van der Waals surface area contributed by atoms with E-state index in [1.807, 2.05) is 22.2 Å². The molecule has 2 heterocycles. The van der Waals surface area contributed by atoms with Crippen LogP contribution in [-0.4, -0.2) is 25.9 Å². The van der Waals surface area contributed by atoms with E-state index in [2.05, 4.69) is 4.98 Å². The molecule has 1 fully saturated rings. The quantitative estimate of drug-likeness (QED) is 0.924. The first-order valence-corrected chi connectivity index (χ1v) is 7.22. The molecule has 0 unspecified atom stereocenters. The number of imidazole rings is 1. The van der Waals surface area contributed by atoms with Gasteiger partial charge >= 0.3 is 0 Å². The first-order valence-electron chi connectivity index (χ1n) is 6.34. The number of aliphatic hydroxyl groups is 1. The van der Waals surface area contributed by atoms with E-state index in [-0.39, 0.29) is 12.2 Å². The maximum atomic E-state index is 12.2. The third-order valence-corrected chi connectivity index (χ3v) is 4.46. The number of hydrogen-bond donors (Lipinski definition) is 1. The van der Waals surface area contributed by atoms with Crippen molar-refractivity contribution in [2.75, 3.05) is 0 Å². The van der Waals surface area contributed by atoms with Crippen LogP contribution in [0.3, 0.4) is 0 Å². The number of ketones is 1. The Kier molecular flexibility index (Phi) is 2.95. The maximum absolute atomic E-state index is 12.2. The molecule has 0 radical (unpaired) electrons. The highest BCUT2D eigenvalue weighted by molar-refractivity contribution is 7.15. The van der Waals surface area contributed by atoms with Gasteiger partial charge in [-0.1, -0.05) is 19.3 Å². The number of carbonyl (C=O) groups is 1. The number of fused-ring (bicyclic) bond motifs is 1. The van der Waals surface area contributed by atoms with Crippen molar-refractivity contribution in [1.29, 1.82) is 0 Å². The average molecular weight is 264 g/mol. The largest absolute Gasteiger partial charge is 0.382 e. The molecule has 4 nitrogen and oxygen atoms in total. The van der Waals surface area contributed by atoms with Gasteiger partial charge in [0.1, 0.15) is 5.60 Å². The molecular formula is C13H16N2O2S. The number of Topliss-reactive ketones (excluding diaryl/α,β-unsaturated/α-hetero) is 1. The van der Waals surface area contributed by atoms with Gasteiger partial charge in [-0.05, 0) is 12.8 Å². The number of carbonyl (C=O) groups excluding carboxylic acids is 1. The van der Waals surface area contributed by atoms with Crippen molar-refractivity contribution in [2.45, 2.75) is 44.1 Å². The fourth-order valence-electron chi connectivity index (χ4n) is 2.61. The van der Waals surface area contributed by atoms with E-state index < -0.39 is 5.60 Å². The van der Waals surface area contributed by atoms with Crippen LogP contribution in [0, 0.1) is 0 Å². The highest BCUT2D eigenvalue weighted by Crippen LogP contribution is 2.29. The second-order valence-corrected chi connectivity index (χ2v) is 5.89. The van der Waals surface area contributed by atoms with Gasteiger partial charge in [-0.25, -0.2) is 4.98 Å². The molecule has 3 rings (SSSR count). The van der Waals surface area contributed by atoms with Gasteiger partial charge in [0.25, 0.3) is 0 Å².